The number of rotatable bonds is 3. The standard InChI is InChI=1S/C9H11BrNO3PS/c1-8-7-13-15(12,14-8)11(16-10)9-5-3-2-4-6-9/h2-6,8H,7H2,1H3. The van der Waals surface area contributed by atoms with Gasteiger partial charge in [-0.3, -0.25) is 9.05 Å². The predicted octanol–water partition coefficient (Wildman–Crippen LogP) is 3.99. The zero-order valence-electron chi connectivity index (χ0n) is 8.58. The number of para-hydroxylation sites is 1. The van der Waals surface area contributed by atoms with Crippen LogP contribution in [0.2, 0.25) is 0 Å². The Labute approximate surface area is 106 Å². The van der Waals surface area contributed by atoms with E-state index >= 15 is 0 Å². The maximum Gasteiger partial charge on any atom is 0.446 e. The summed E-state index contributed by atoms with van der Waals surface area (Å²) in [5.41, 5.74) is 0.779. The Morgan fingerprint density at radius 1 is 1.50 bits per heavy atom. The number of nitrogens with zero attached hydrogens (tertiary/aromatic N) is 1. The first-order chi connectivity index (χ1) is 7.65. The number of halogens is 1. The average molecular weight is 324 g/mol. The molecule has 1 heterocycles. The molecule has 0 amide bonds. The van der Waals surface area contributed by atoms with E-state index in [1.165, 1.54) is 4.08 Å². The molecule has 4 nitrogen and oxygen atoms in total. The number of hydrogen-bond donors (Lipinski definition) is 0. The molecule has 88 valence electrons. The van der Waals surface area contributed by atoms with Crippen molar-refractivity contribution < 1.29 is 13.6 Å². The van der Waals surface area contributed by atoms with Crippen LogP contribution >= 0.6 is 32.9 Å². The van der Waals surface area contributed by atoms with Crippen molar-refractivity contribution in [3.8, 4) is 0 Å². The van der Waals surface area contributed by atoms with Crippen LogP contribution < -0.4 is 4.08 Å². The summed E-state index contributed by atoms with van der Waals surface area (Å²) < 4.78 is 24.5. The maximum absolute atomic E-state index is 12.4. The first-order valence-electron chi connectivity index (χ1n) is 4.73. The van der Waals surface area contributed by atoms with E-state index in [-0.39, 0.29) is 6.10 Å². The largest absolute Gasteiger partial charge is 0.446 e. The normalized spacial score (nSPS) is 29.2. The molecule has 0 aromatic heterocycles. The minimum absolute atomic E-state index is 0.142. The van der Waals surface area contributed by atoms with Gasteiger partial charge in [-0.05, 0) is 19.1 Å². The van der Waals surface area contributed by atoms with Crippen LogP contribution in [0.25, 0.3) is 0 Å². The zero-order chi connectivity index (χ0) is 11.6. The number of benzene rings is 1. The highest BCUT2D eigenvalue weighted by molar-refractivity contribution is 9.50. The summed E-state index contributed by atoms with van der Waals surface area (Å²) in [5, 5.41) is 0. The van der Waals surface area contributed by atoms with Crippen LogP contribution in [0.1, 0.15) is 6.92 Å². The smallest absolute Gasteiger partial charge is 0.289 e. The molecule has 1 aromatic rings. The van der Waals surface area contributed by atoms with Crippen LogP contribution in [-0.4, -0.2) is 12.7 Å². The fourth-order valence-corrected chi connectivity index (χ4v) is 5.63. The van der Waals surface area contributed by atoms with E-state index in [9.17, 15) is 4.57 Å². The monoisotopic (exact) mass is 323 g/mol. The molecule has 2 atom stereocenters. The summed E-state index contributed by atoms with van der Waals surface area (Å²) in [4.78, 5) is 0. The molecular weight excluding hydrogens is 313 g/mol. The minimum atomic E-state index is -3.21. The summed E-state index contributed by atoms with van der Waals surface area (Å²) in [6.07, 6.45) is -0.142. The van der Waals surface area contributed by atoms with Crippen molar-refractivity contribution in [3.05, 3.63) is 30.3 Å². The summed E-state index contributed by atoms with van der Waals surface area (Å²) in [6, 6.07) is 9.34. The molecule has 0 aliphatic carbocycles. The highest BCUT2D eigenvalue weighted by Crippen LogP contribution is 2.62. The molecule has 16 heavy (non-hydrogen) atoms. The summed E-state index contributed by atoms with van der Waals surface area (Å²) >= 11 is 3.23. The van der Waals surface area contributed by atoms with Gasteiger partial charge in [-0.2, -0.15) is 0 Å². The van der Waals surface area contributed by atoms with Gasteiger partial charge in [-0.1, -0.05) is 18.2 Å². The molecule has 0 spiro atoms. The highest BCUT2D eigenvalue weighted by Gasteiger charge is 2.42. The van der Waals surface area contributed by atoms with Gasteiger partial charge in [0.15, 0.2) is 0 Å². The lowest BCUT2D eigenvalue weighted by Crippen LogP contribution is -2.09. The lowest BCUT2D eigenvalue weighted by atomic mass is 10.3. The Hall–Kier alpha value is -0.0000000000000000763. The topological polar surface area (TPSA) is 38.8 Å². The van der Waals surface area contributed by atoms with Crippen molar-refractivity contribution in [3.63, 3.8) is 0 Å². The Morgan fingerprint density at radius 2 is 2.19 bits per heavy atom. The van der Waals surface area contributed by atoms with Crippen LogP contribution in [-0.2, 0) is 13.6 Å². The molecule has 1 aromatic carbocycles. The molecule has 1 aliphatic rings. The summed E-state index contributed by atoms with van der Waals surface area (Å²) in [6.45, 7) is 2.19. The van der Waals surface area contributed by atoms with Crippen molar-refractivity contribution in [2.75, 3.05) is 10.7 Å². The highest BCUT2D eigenvalue weighted by atomic mass is 79.9. The first kappa shape index (κ1) is 12.5. The van der Waals surface area contributed by atoms with E-state index < -0.39 is 7.75 Å². The Balaban J connectivity index is 2.27. The predicted molar refractivity (Wildman–Crippen MR) is 69.5 cm³/mol. The molecule has 0 radical (unpaired) electrons. The van der Waals surface area contributed by atoms with E-state index in [1.54, 1.807) is 0 Å². The molecule has 0 N–H and O–H groups in total. The van der Waals surface area contributed by atoms with Crippen molar-refractivity contribution in [2.24, 2.45) is 0 Å². The van der Waals surface area contributed by atoms with E-state index in [4.69, 9.17) is 9.05 Å². The Kier molecular flexibility index (Phi) is 3.97. The third kappa shape index (κ3) is 2.46. The third-order valence-electron chi connectivity index (χ3n) is 2.05. The molecule has 1 aliphatic heterocycles. The van der Waals surface area contributed by atoms with Crippen LogP contribution in [0.15, 0.2) is 30.3 Å². The number of hydrogen-bond acceptors (Lipinski definition) is 4. The van der Waals surface area contributed by atoms with Gasteiger partial charge < -0.3 is 0 Å². The van der Waals surface area contributed by atoms with Gasteiger partial charge in [-0.25, -0.2) is 8.64 Å². The second kappa shape index (κ2) is 5.10. The van der Waals surface area contributed by atoms with Crippen molar-refractivity contribution >= 4 is 38.6 Å². The van der Waals surface area contributed by atoms with Gasteiger partial charge in [-0.15, -0.1) is 0 Å². The van der Waals surface area contributed by atoms with Crippen LogP contribution in [0.4, 0.5) is 5.69 Å². The van der Waals surface area contributed by atoms with Crippen molar-refractivity contribution in [1.82, 2.24) is 0 Å². The summed E-state index contributed by atoms with van der Waals surface area (Å²) in [7, 11) is -2.05. The van der Waals surface area contributed by atoms with Gasteiger partial charge in [0.05, 0.1) is 18.4 Å². The van der Waals surface area contributed by atoms with E-state index in [0.29, 0.717) is 6.61 Å². The summed E-state index contributed by atoms with van der Waals surface area (Å²) in [5.74, 6) is 0. The number of anilines is 1. The lowest BCUT2D eigenvalue weighted by Gasteiger charge is -2.24. The Bertz CT molecular complexity index is 405. The van der Waals surface area contributed by atoms with Crippen LogP contribution in [0.5, 0.6) is 0 Å². The second-order valence-corrected chi connectivity index (χ2v) is 6.81. The average Bonchev–Trinajstić information content (AvgIpc) is 2.62. The molecule has 1 saturated heterocycles. The molecule has 0 bridgehead atoms. The van der Waals surface area contributed by atoms with Crippen molar-refractivity contribution in [2.45, 2.75) is 13.0 Å². The molecule has 2 rings (SSSR count). The molecule has 7 heteroatoms. The SMILES string of the molecule is CC1COP(=O)(N(SBr)c2ccccc2)O1. The minimum Gasteiger partial charge on any atom is -0.289 e. The fraction of sp³-hybridized carbons (Fsp3) is 0.333. The van der Waals surface area contributed by atoms with Gasteiger partial charge >= 0.3 is 7.75 Å². The molecular formula is C9H11BrNO3PS. The lowest BCUT2D eigenvalue weighted by molar-refractivity contribution is 0.257. The van der Waals surface area contributed by atoms with E-state index in [0.717, 1.165) is 16.1 Å². The Morgan fingerprint density at radius 3 is 2.69 bits per heavy atom. The molecule has 1 fully saturated rings. The van der Waals surface area contributed by atoms with Gasteiger partial charge in [0.25, 0.3) is 0 Å². The van der Waals surface area contributed by atoms with E-state index in [1.807, 2.05) is 37.3 Å². The second-order valence-electron chi connectivity index (χ2n) is 3.36. The van der Waals surface area contributed by atoms with Gasteiger partial charge in [0.1, 0.15) is 0 Å². The fourth-order valence-electron chi connectivity index (χ4n) is 1.36. The molecule has 2 unspecified atom stereocenters. The quantitative estimate of drug-likeness (QED) is 0.621. The third-order valence-corrected chi connectivity index (χ3v) is 6.55. The van der Waals surface area contributed by atoms with Crippen LogP contribution in [0.3, 0.4) is 0 Å². The van der Waals surface area contributed by atoms with Crippen molar-refractivity contribution in [1.29, 1.82) is 0 Å². The zero-order valence-corrected chi connectivity index (χ0v) is 11.9. The van der Waals surface area contributed by atoms with Gasteiger partial charge in [0.2, 0.25) is 0 Å². The maximum atomic E-state index is 12.4. The van der Waals surface area contributed by atoms with Gasteiger partial charge in [0, 0.05) is 25.2 Å². The first-order valence-corrected chi connectivity index (χ1v) is 8.84. The van der Waals surface area contributed by atoms with Crippen LogP contribution in [0, 0.1) is 0 Å². The van der Waals surface area contributed by atoms with E-state index in [2.05, 4.69) is 14.8 Å². The molecule has 0 saturated carbocycles.